The highest BCUT2D eigenvalue weighted by atomic mass is 16.5. The second kappa shape index (κ2) is 3.17. The summed E-state index contributed by atoms with van der Waals surface area (Å²) in [7, 11) is 0. The van der Waals surface area contributed by atoms with Gasteiger partial charge in [0.25, 0.3) is 0 Å². The SMILES string of the molecule is Nc1cc(C2CCCCC2)no1. The smallest absolute Gasteiger partial charge is 0.222 e. The van der Waals surface area contributed by atoms with Crippen LogP contribution in [0.3, 0.4) is 0 Å². The number of nitrogens with zero attached hydrogens (tertiary/aromatic N) is 1. The topological polar surface area (TPSA) is 52.0 Å². The summed E-state index contributed by atoms with van der Waals surface area (Å²) in [5.74, 6) is 1.04. The molecule has 2 rings (SSSR count). The first-order valence-corrected chi connectivity index (χ1v) is 4.58. The Balaban J connectivity index is 2.08. The fraction of sp³-hybridized carbons (Fsp3) is 0.667. The molecule has 0 spiro atoms. The third-order valence-electron chi connectivity index (χ3n) is 2.57. The zero-order chi connectivity index (χ0) is 8.39. The molecule has 1 fully saturated rings. The van der Waals surface area contributed by atoms with Crippen molar-refractivity contribution in [2.45, 2.75) is 38.0 Å². The van der Waals surface area contributed by atoms with Crippen LogP contribution in [0.25, 0.3) is 0 Å². The maximum Gasteiger partial charge on any atom is 0.222 e. The van der Waals surface area contributed by atoms with Crippen molar-refractivity contribution >= 4 is 5.88 Å². The standard InChI is InChI=1S/C9H14N2O/c10-9-6-8(11-12-9)7-4-2-1-3-5-7/h6-7H,1-5,10H2. The van der Waals surface area contributed by atoms with Gasteiger partial charge in [0.1, 0.15) is 0 Å². The van der Waals surface area contributed by atoms with Crippen LogP contribution in [0, 0.1) is 0 Å². The highest BCUT2D eigenvalue weighted by Crippen LogP contribution is 2.32. The van der Waals surface area contributed by atoms with E-state index in [1.807, 2.05) is 6.07 Å². The fourth-order valence-corrected chi connectivity index (χ4v) is 1.89. The Labute approximate surface area is 71.9 Å². The van der Waals surface area contributed by atoms with Crippen molar-refractivity contribution in [1.82, 2.24) is 5.16 Å². The lowest BCUT2D eigenvalue weighted by Crippen LogP contribution is -2.04. The van der Waals surface area contributed by atoms with Gasteiger partial charge in [-0.1, -0.05) is 24.4 Å². The van der Waals surface area contributed by atoms with E-state index in [0.717, 1.165) is 5.69 Å². The number of anilines is 1. The van der Waals surface area contributed by atoms with Crippen LogP contribution in [0.15, 0.2) is 10.6 Å². The number of nitrogen functional groups attached to an aromatic ring is 1. The van der Waals surface area contributed by atoms with Gasteiger partial charge in [0.2, 0.25) is 5.88 Å². The molecule has 0 amide bonds. The minimum atomic E-state index is 0.440. The highest BCUT2D eigenvalue weighted by Gasteiger charge is 2.18. The summed E-state index contributed by atoms with van der Waals surface area (Å²) >= 11 is 0. The van der Waals surface area contributed by atoms with Crippen molar-refractivity contribution in [3.05, 3.63) is 11.8 Å². The molecule has 1 aliphatic rings. The molecule has 2 N–H and O–H groups in total. The average Bonchev–Trinajstić information content (AvgIpc) is 2.54. The maximum atomic E-state index is 5.46. The molecular formula is C9H14N2O. The largest absolute Gasteiger partial charge is 0.368 e. The molecule has 1 saturated carbocycles. The van der Waals surface area contributed by atoms with Crippen molar-refractivity contribution in [1.29, 1.82) is 0 Å². The number of hydrogen-bond acceptors (Lipinski definition) is 3. The maximum absolute atomic E-state index is 5.46. The van der Waals surface area contributed by atoms with Gasteiger partial charge >= 0.3 is 0 Å². The van der Waals surface area contributed by atoms with E-state index in [1.165, 1.54) is 32.1 Å². The first-order chi connectivity index (χ1) is 5.86. The van der Waals surface area contributed by atoms with E-state index >= 15 is 0 Å². The predicted molar refractivity (Wildman–Crippen MR) is 46.7 cm³/mol. The molecule has 12 heavy (non-hydrogen) atoms. The van der Waals surface area contributed by atoms with Crippen LogP contribution in [0.5, 0.6) is 0 Å². The number of rotatable bonds is 1. The Hall–Kier alpha value is -0.990. The second-order valence-corrected chi connectivity index (χ2v) is 3.49. The molecule has 0 aromatic carbocycles. The lowest BCUT2D eigenvalue weighted by molar-refractivity contribution is 0.387. The molecule has 1 aromatic heterocycles. The monoisotopic (exact) mass is 166 g/mol. The van der Waals surface area contributed by atoms with Crippen molar-refractivity contribution < 1.29 is 4.52 Å². The van der Waals surface area contributed by atoms with Crippen molar-refractivity contribution in [3.63, 3.8) is 0 Å². The van der Waals surface area contributed by atoms with Crippen LogP contribution in [0.4, 0.5) is 5.88 Å². The van der Waals surface area contributed by atoms with Gasteiger partial charge in [-0.25, -0.2) is 0 Å². The lowest BCUT2D eigenvalue weighted by atomic mass is 9.87. The van der Waals surface area contributed by atoms with Crippen LogP contribution in [0.1, 0.15) is 43.7 Å². The van der Waals surface area contributed by atoms with Crippen molar-refractivity contribution in [2.75, 3.05) is 5.73 Å². The first-order valence-electron chi connectivity index (χ1n) is 4.58. The fourth-order valence-electron chi connectivity index (χ4n) is 1.89. The van der Waals surface area contributed by atoms with E-state index in [-0.39, 0.29) is 0 Å². The van der Waals surface area contributed by atoms with Gasteiger partial charge in [0.15, 0.2) is 0 Å². The Bertz CT molecular complexity index is 251. The summed E-state index contributed by atoms with van der Waals surface area (Å²) in [4.78, 5) is 0. The molecule has 3 heteroatoms. The van der Waals surface area contributed by atoms with Gasteiger partial charge in [0.05, 0.1) is 5.69 Å². The average molecular weight is 166 g/mol. The van der Waals surface area contributed by atoms with Crippen molar-refractivity contribution in [2.24, 2.45) is 0 Å². The van der Waals surface area contributed by atoms with Crippen LogP contribution >= 0.6 is 0 Å². The van der Waals surface area contributed by atoms with E-state index in [0.29, 0.717) is 11.8 Å². The highest BCUT2D eigenvalue weighted by molar-refractivity contribution is 5.26. The number of nitrogens with two attached hydrogens (primary N) is 1. The molecule has 0 saturated heterocycles. The summed E-state index contributed by atoms with van der Waals surface area (Å²) in [6.45, 7) is 0. The number of aromatic nitrogens is 1. The van der Waals surface area contributed by atoms with Crippen LogP contribution in [0.2, 0.25) is 0 Å². The Morgan fingerprint density at radius 3 is 2.67 bits per heavy atom. The second-order valence-electron chi connectivity index (χ2n) is 3.49. The molecule has 0 bridgehead atoms. The Kier molecular flexibility index (Phi) is 2.02. The van der Waals surface area contributed by atoms with Crippen LogP contribution in [-0.2, 0) is 0 Å². The first kappa shape index (κ1) is 7.65. The predicted octanol–water partition coefficient (Wildman–Crippen LogP) is 2.30. The molecule has 0 aliphatic heterocycles. The third-order valence-corrected chi connectivity index (χ3v) is 2.57. The summed E-state index contributed by atoms with van der Waals surface area (Å²) in [6.07, 6.45) is 6.48. The molecule has 3 nitrogen and oxygen atoms in total. The molecule has 1 heterocycles. The zero-order valence-corrected chi connectivity index (χ0v) is 7.12. The molecule has 0 atom stereocenters. The van der Waals surface area contributed by atoms with E-state index in [4.69, 9.17) is 10.3 Å². The molecule has 1 aliphatic carbocycles. The minimum absolute atomic E-state index is 0.440. The van der Waals surface area contributed by atoms with Gasteiger partial charge in [-0.3, -0.25) is 0 Å². The van der Waals surface area contributed by atoms with Crippen LogP contribution < -0.4 is 5.73 Å². The van der Waals surface area contributed by atoms with Gasteiger partial charge in [-0.05, 0) is 12.8 Å². The normalized spacial score (nSPS) is 19.7. The molecule has 66 valence electrons. The molecule has 0 radical (unpaired) electrons. The number of hydrogen-bond donors (Lipinski definition) is 1. The van der Waals surface area contributed by atoms with Crippen molar-refractivity contribution in [3.8, 4) is 0 Å². The van der Waals surface area contributed by atoms with E-state index in [9.17, 15) is 0 Å². The van der Waals surface area contributed by atoms with Crippen LogP contribution in [-0.4, -0.2) is 5.16 Å². The van der Waals surface area contributed by atoms with Gasteiger partial charge < -0.3 is 10.3 Å². The van der Waals surface area contributed by atoms with E-state index in [1.54, 1.807) is 0 Å². The Morgan fingerprint density at radius 2 is 2.08 bits per heavy atom. The summed E-state index contributed by atoms with van der Waals surface area (Å²) in [5.41, 5.74) is 6.50. The quantitative estimate of drug-likeness (QED) is 0.696. The minimum Gasteiger partial charge on any atom is -0.368 e. The van der Waals surface area contributed by atoms with E-state index < -0.39 is 0 Å². The van der Waals surface area contributed by atoms with Gasteiger partial charge in [-0.2, -0.15) is 0 Å². The van der Waals surface area contributed by atoms with Gasteiger partial charge in [0, 0.05) is 12.0 Å². The third kappa shape index (κ3) is 1.44. The summed E-state index contributed by atoms with van der Waals surface area (Å²) < 4.78 is 4.85. The van der Waals surface area contributed by atoms with E-state index in [2.05, 4.69) is 5.16 Å². The zero-order valence-electron chi connectivity index (χ0n) is 7.12. The molecule has 0 unspecified atom stereocenters. The summed E-state index contributed by atoms with van der Waals surface area (Å²) in [6, 6.07) is 1.86. The lowest BCUT2D eigenvalue weighted by Gasteiger charge is -2.18. The molecule has 1 aromatic rings. The molecular weight excluding hydrogens is 152 g/mol. The summed E-state index contributed by atoms with van der Waals surface area (Å²) in [5, 5.41) is 3.94. The Morgan fingerprint density at radius 1 is 1.33 bits per heavy atom. The van der Waals surface area contributed by atoms with Gasteiger partial charge in [-0.15, -0.1) is 0 Å².